The predicted octanol–water partition coefficient (Wildman–Crippen LogP) is 5.08. The first-order valence-corrected chi connectivity index (χ1v) is 7.23. The van der Waals surface area contributed by atoms with Crippen LogP contribution in [0.15, 0.2) is 42.5 Å². The van der Waals surface area contributed by atoms with Crippen molar-refractivity contribution in [3.63, 3.8) is 0 Å². The number of rotatable bonds is 3. The fourth-order valence-corrected chi connectivity index (χ4v) is 2.76. The van der Waals surface area contributed by atoms with Gasteiger partial charge in [0.15, 0.2) is 0 Å². The Labute approximate surface area is 123 Å². The highest BCUT2D eigenvalue weighted by Gasteiger charge is 2.08. The zero-order chi connectivity index (χ0) is 13.1. The molecule has 0 aliphatic carbocycles. The summed E-state index contributed by atoms with van der Waals surface area (Å²) in [6.07, 6.45) is 0. The van der Waals surface area contributed by atoms with E-state index in [4.69, 9.17) is 0 Å². The minimum atomic E-state index is 0.323. The molecule has 0 amide bonds. The summed E-state index contributed by atoms with van der Waals surface area (Å²) >= 11 is 2.34. The quantitative estimate of drug-likeness (QED) is 0.761. The molecule has 0 radical (unpaired) electrons. The number of halogens is 1. The van der Waals surface area contributed by atoms with Crippen LogP contribution in [0.25, 0.3) is 0 Å². The lowest BCUT2D eigenvalue weighted by Crippen LogP contribution is -2.08. The number of benzene rings is 2. The maximum atomic E-state index is 3.55. The molecule has 0 saturated heterocycles. The van der Waals surface area contributed by atoms with E-state index in [2.05, 4.69) is 91.1 Å². The molecular weight excluding hydrogens is 333 g/mol. The molecule has 94 valence electrons. The van der Waals surface area contributed by atoms with Crippen molar-refractivity contribution >= 4 is 28.3 Å². The van der Waals surface area contributed by atoms with Crippen molar-refractivity contribution in [3.8, 4) is 0 Å². The SMILES string of the molecule is Cc1ccc(C(C)Nc2cccc(I)c2)c(C)c1. The summed E-state index contributed by atoms with van der Waals surface area (Å²) in [5, 5.41) is 3.55. The van der Waals surface area contributed by atoms with Crippen LogP contribution < -0.4 is 5.32 Å². The first kappa shape index (κ1) is 13.4. The predicted molar refractivity (Wildman–Crippen MR) is 87.1 cm³/mol. The molecule has 1 N–H and O–H groups in total. The topological polar surface area (TPSA) is 12.0 Å². The van der Waals surface area contributed by atoms with Crippen LogP contribution in [0, 0.1) is 17.4 Å². The Hall–Kier alpha value is -1.03. The molecule has 0 aliphatic rings. The second kappa shape index (κ2) is 5.74. The fourth-order valence-electron chi connectivity index (χ4n) is 2.22. The van der Waals surface area contributed by atoms with Gasteiger partial charge in [-0.3, -0.25) is 0 Å². The Morgan fingerprint density at radius 2 is 1.83 bits per heavy atom. The van der Waals surface area contributed by atoms with Gasteiger partial charge in [0.1, 0.15) is 0 Å². The first-order valence-electron chi connectivity index (χ1n) is 6.15. The Bertz CT molecular complexity index is 549. The molecule has 0 aromatic heterocycles. The summed E-state index contributed by atoms with van der Waals surface area (Å²) in [5.74, 6) is 0. The molecule has 1 atom stereocenters. The minimum absolute atomic E-state index is 0.323. The Morgan fingerprint density at radius 3 is 2.50 bits per heavy atom. The van der Waals surface area contributed by atoms with Gasteiger partial charge in [0, 0.05) is 15.3 Å². The highest BCUT2D eigenvalue weighted by Crippen LogP contribution is 2.23. The Balaban J connectivity index is 2.19. The average Bonchev–Trinajstić information content (AvgIpc) is 2.28. The van der Waals surface area contributed by atoms with Gasteiger partial charge in [0.05, 0.1) is 0 Å². The summed E-state index contributed by atoms with van der Waals surface area (Å²) in [6.45, 7) is 6.52. The van der Waals surface area contributed by atoms with E-state index in [-0.39, 0.29) is 0 Å². The van der Waals surface area contributed by atoms with Crippen molar-refractivity contribution in [3.05, 3.63) is 62.7 Å². The molecule has 0 fully saturated rings. The van der Waals surface area contributed by atoms with Crippen LogP contribution in [0.1, 0.15) is 29.7 Å². The molecule has 1 unspecified atom stereocenters. The standard InChI is InChI=1S/C16H18IN/c1-11-7-8-16(12(2)9-11)13(3)18-15-6-4-5-14(17)10-15/h4-10,13,18H,1-3H3. The van der Waals surface area contributed by atoms with Gasteiger partial charge in [-0.25, -0.2) is 0 Å². The summed E-state index contributed by atoms with van der Waals surface area (Å²) in [4.78, 5) is 0. The molecular formula is C16H18IN. The molecule has 2 rings (SSSR count). The van der Waals surface area contributed by atoms with E-state index in [1.807, 2.05) is 0 Å². The van der Waals surface area contributed by atoms with Crippen molar-refractivity contribution in [1.29, 1.82) is 0 Å². The highest BCUT2D eigenvalue weighted by molar-refractivity contribution is 14.1. The number of hydrogen-bond donors (Lipinski definition) is 1. The van der Waals surface area contributed by atoms with Gasteiger partial charge in [-0.2, -0.15) is 0 Å². The first-order chi connectivity index (χ1) is 8.56. The molecule has 0 saturated carbocycles. The van der Waals surface area contributed by atoms with Crippen LogP contribution in [-0.2, 0) is 0 Å². The zero-order valence-electron chi connectivity index (χ0n) is 11.0. The summed E-state index contributed by atoms with van der Waals surface area (Å²) < 4.78 is 1.26. The van der Waals surface area contributed by atoms with Gasteiger partial charge in [-0.1, -0.05) is 29.8 Å². The number of hydrogen-bond acceptors (Lipinski definition) is 1. The molecule has 0 spiro atoms. The largest absolute Gasteiger partial charge is 0.378 e. The molecule has 0 aliphatic heterocycles. The zero-order valence-corrected chi connectivity index (χ0v) is 13.2. The van der Waals surface area contributed by atoms with Gasteiger partial charge < -0.3 is 5.32 Å². The van der Waals surface area contributed by atoms with Gasteiger partial charge in [0.25, 0.3) is 0 Å². The molecule has 1 nitrogen and oxygen atoms in total. The maximum Gasteiger partial charge on any atom is 0.0488 e. The average molecular weight is 351 g/mol. The normalized spacial score (nSPS) is 12.2. The van der Waals surface area contributed by atoms with Crippen LogP contribution >= 0.6 is 22.6 Å². The van der Waals surface area contributed by atoms with E-state index in [9.17, 15) is 0 Å². The molecule has 2 heteroatoms. The van der Waals surface area contributed by atoms with Gasteiger partial charge in [0.2, 0.25) is 0 Å². The lowest BCUT2D eigenvalue weighted by atomic mass is 10.00. The number of aryl methyl sites for hydroxylation is 2. The van der Waals surface area contributed by atoms with Crippen molar-refractivity contribution < 1.29 is 0 Å². The lowest BCUT2D eigenvalue weighted by Gasteiger charge is -2.18. The van der Waals surface area contributed by atoms with Gasteiger partial charge >= 0.3 is 0 Å². The summed E-state index contributed by atoms with van der Waals surface area (Å²) in [7, 11) is 0. The van der Waals surface area contributed by atoms with Gasteiger partial charge in [-0.15, -0.1) is 0 Å². The van der Waals surface area contributed by atoms with Gasteiger partial charge in [-0.05, 0) is 72.7 Å². The van der Waals surface area contributed by atoms with Crippen molar-refractivity contribution in [1.82, 2.24) is 0 Å². The second-order valence-electron chi connectivity index (χ2n) is 4.74. The highest BCUT2D eigenvalue weighted by atomic mass is 127. The van der Waals surface area contributed by atoms with E-state index in [0.717, 1.165) is 0 Å². The van der Waals surface area contributed by atoms with E-state index in [1.165, 1.54) is 25.9 Å². The van der Waals surface area contributed by atoms with E-state index >= 15 is 0 Å². The maximum absolute atomic E-state index is 3.55. The molecule has 2 aromatic carbocycles. The van der Waals surface area contributed by atoms with E-state index < -0.39 is 0 Å². The fraction of sp³-hybridized carbons (Fsp3) is 0.250. The van der Waals surface area contributed by atoms with Crippen LogP contribution in [0.5, 0.6) is 0 Å². The molecule has 2 aromatic rings. The van der Waals surface area contributed by atoms with Crippen LogP contribution in [-0.4, -0.2) is 0 Å². The van der Waals surface area contributed by atoms with E-state index in [1.54, 1.807) is 0 Å². The van der Waals surface area contributed by atoms with Crippen molar-refractivity contribution in [2.45, 2.75) is 26.8 Å². The molecule has 0 bridgehead atoms. The third-order valence-corrected chi connectivity index (χ3v) is 3.77. The monoisotopic (exact) mass is 351 g/mol. The number of nitrogens with one attached hydrogen (secondary N) is 1. The minimum Gasteiger partial charge on any atom is -0.378 e. The Kier molecular flexibility index (Phi) is 4.27. The van der Waals surface area contributed by atoms with Crippen LogP contribution in [0.2, 0.25) is 0 Å². The lowest BCUT2D eigenvalue weighted by molar-refractivity contribution is 0.873. The number of anilines is 1. The van der Waals surface area contributed by atoms with Crippen molar-refractivity contribution in [2.75, 3.05) is 5.32 Å². The molecule has 18 heavy (non-hydrogen) atoms. The van der Waals surface area contributed by atoms with Crippen LogP contribution in [0.3, 0.4) is 0 Å². The van der Waals surface area contributed by atoms with E-state index in [0.29, 0.717) is 6.04 Å². The smallest absolute Gasteiger partial charge is 0.0488 e. The summed E-state index contributed by atoms with van der Waals surface area (Å²) in [6, 6.07) is 15.4. The summed E-state index contributed by atoms with van der Waals surface area (Å²) in [5.41, 5.74) is 5.20. The Morgan fingerprint density at radius 1 is 1.06 bits per heavy atom. The van der Waals surface area contributed by atoms with Crippen molar-refractivity contribution in [2.24, 2.45) is 0 Å². The molecule has 0 heterocycles. The third-order valence-electron chi connectivity index (χ3n) is 3.10. The van der Waals surface area contributed by atoms with Crippen LogP contribution in [0.4, 0.5) is 5.69 Å². The second-order valence-corrected chi connectivity index (χ2v) is 5.98. The third kappa shape index (κ3) is 3.25.